The first-order valence-corrected chi connectivity index (χ1v) is 10.3. The van der Waals surface area contributed by atoms with Crippen LogP contribution in [-0.4, -0.2) is 40.9 Å². The lowest BCUT2D eigenvalue weighted by atomic mass is 10.1. The standard InChI is InChI=1S/C16H16N4O4S2/c1-10(25-16-19-18-15(24-16)13-4-3-9-17-13)14(21)11-5-7-12(8-6-11)20-26(2,22)23/h3-10,17,20H,1-2H3/t10-/m0/s1. The minimum Gasteiger partial charge on any atom is -0.410 e. The van der Waals surface area contributed by atoms with E-state index >= 15 is 0 Å². The van der Waals surface area contributed by atoms with E-state index in [1.165, 1.54) is 0 Å². The molecule has 1 atom stereocenters. The maximum absolute atomic E-state index is 12.5. The number of hydrogen-bond donors (Lipinski definition) is 2. The van der Waals surface area contributed by atoms with Gasteiger partial charge in [-0.25, -0.2) is 8.42 Å². The highest BCUT2D eigenvalue weighted by molar-refractivity contribution is 8.00. The van der Waals surface area contributed by atoms with Crippen LogP contribution in [0.1, 0.15) is 17.3 Å². The second-order valence-electron chi connectivity index (χ2n) is 5.53. The molecule has 26 heavy (non-hydrogen) atoms. The number of benzene rings is 1. The molecule has 0 saturated carbocycles. The number of H-pyrrole nitrogens is 1. The minimum absolute atomic E-state index is 0.125. The molecule has 0 unspecified atom stereocenters. The van der Waals surface area contributed by atoms with E-state index in [2.05, 4.69) is 19.9 Å². The SMILES string of the molecule is C[C@H](Sc1nnc(-c2ccc[nH]2)o1)C(=O)c1ccc(NS(C)(=O)=O)cc1. The van der Waals surface area contributed by atoms with E-state index in [1.54, 1.807) is 37.4 Å². The Morgan fingerprint density at radius 3 is 2.58 bits per heavy atom. The largest absolute Gasteiger partial charge is 0.410 e. The lowest BCUT2D eigenvalue weighted by Crippen LogP contribution is -2.14. The maximum atomic E-state index is 12.5. The number of carbonyl (C=O) groups is 1. The zero-order valence-electron chi connectivity index (χ0n) is 14.0. The van der Waals surface area contributed by atoms with Gasteiger partial charge in [0.25, 0.3) is 11.1 Å². The smallest absolute Gasteiger partial charge is 0.277 e. The molecule has 0 aliphatic heterocycles. The normalized spacial score (nSPS) is 12.7. The Hall–Kier alpha value is -2.59. The molecule has 0 aliphatic rings. The molecule has 136 valence electrons. The van der Waals surface area contributed by atoms with E-state index in [0.717, 1.165) is 18.0 Å². The number of aromatic nitrogens is 3. The average Bonchev–Trinajstić information content (AvgIpc) is 3.24. The van der Waals surface area contributed by atoms with Gasteiger partial charge in [-0.2, -0.15) is 0 Å². The van der Waals surface area contributed by atoms with Crippen LogP contribution in [0, 0.1) is 0 Å². The summed E-state index contributed by atoms with van der Waals surface area (Å²) in [5.74, 6) is 0.230. The Kier molecular flexibility index (Phi) is 5.14. The predicted molar refractivity (Wildman–Crippen MR) is 98.6 cm³/mol. The molecule has 3 rings (SSSR count). The van der Waals surface area contributed by atoms with Crippen molar-refractivity contribution in [3.05, 3.63) is 48.2 Å². The van der Waals surface area contributed by atoms with E-state index in [-0.39, 0.29) is 5.78 Å². The number of aromatic amines is 1. The van der Waals surface area contributed by atoms with Crippen molar-refractivity contribution in [2.24, 2.45) is 0 Å². The van der Waals surface area contributed by atoms with Gasteiger partial charge in [0, 0.05) is 17.4 Å². The van der Waals surface area contributed by atoms with Crippen LogP contribution < -0.4 is 4.72 Å². The Morgan fingerprint density at radius 2 is 1.96 bits per heavy atom. The highest BCUT2D eigenvalue weighted by Gasteiger charge is 2.20. The quantitative estimate of drug-likeness (QED) is 0.469. The fourth-order valence-corrected chi connectivity index (χ4v) is 3.51. The zero-order valence-corrected chi connectivity index (χ0v) is 15.6. The van der Waals surface area contributed by atoms with Crippen molar-refractivity contribution in [3.8, 4) is 11.6 Å². The van der Waals surface area contributed by atoms with Gasteiger partial charge < -0.3 is 9.40 Å². The first kappa shape index (κ1) is 18.2. The topological polar surface area (TPSA) is 118 Å². The van der Waals surface area contributed by atoms with Gasteiger partial charge in [0.05, 0.1) is 11.5 Å². The van der Waals surface area contributed by atoms with Crippen LogP contribution in [0.25, 0.3) is 11.6 Å². The zero-order chi connectivity index (χ0) is 18.7. The number of Topliss-reactive ketones (excluding diaryl/α,β-unsaturated/α-hetero) is 1. The van der Waals surface area contributed by atoms with Crippen molar-refractivity contribution in [2.75, 3.05) is 11.0 Å². The Balaban J connectivity index is 1.66. The highest BCUT2D eigenvalue weighted by atomic mass is 32.2. The molecule has 8 nitrogen and oxygen atoms in total. The summed E-state index contributed by atoms with van der Waals surface area (Å²) in [5, 5.41) is 7.74. The molecule has 3 aromatic rings. The van der Waals surface area contributed by atoms with Gasteiger partial charge >= 0.3 is 0 Å². The van der Waals surface area contributed by atoms with Gasteiger partial charge in [-0.15, -0.1) is 10.2 Å². The van der Waals surface area contributed by atoms with Crippen molar-refractivity contribution in [1.82, 2.24) is 15.2 Å². The molecule has 2 aromatic heterocycles. The third-order valence-electron chi connectivity index (χ3n) is 3.35. The molecule has 0 radical (unpaired) electrons. The molecule has 0 aliphatic carbocycles. The minimum atomic E-state index is -3.35. The lowest BCUT2D eigenvalue weighted by molar-refractivity contribution is 0.0993. The molecule has 0 amide bonds. The molecule has 0 bridgehead atoms. The van der Waals surface area contributed by atoms with Crippen molar-refractivity contribution < 1.29 is 17.6 Å². The third kappa shape index (κ3) is 4.52. The Labute approximate surface area is 154 Å². The fourth-order valence-electron chi connectivity index (χ4n) is 2.19. The lowest BCUT2D eigenvalue weighted by Gasteiger charge is -2.09. The Bertz CT molecular complexity index is 995. The first-order valence-electron chi connectivity index (χ1n) is 7.58. The van der Waals surface area contributed by atoms with E-state index in [9.17, 15) is 13.2 Å². The summed E-state index contributed by atoms with van der Waals surface area (Å²) in [4.78, 5) is 15.5. The highest BCUT2D eigenvalue weighted by Crippen LogP contribution is 2.27. The summed E-state index contributed by atoms with van der Waals surface area (Å²) in [5.41, 5.74) is 1.57. The fraction of sp³-hybridized carbons (Fsp3) is 0.188. The maximum Gasteiger partial charge on any atom is 0.277 e. The van der Waals surface area contributed by atoms with Gasteiger partial charge in [-0.3, -0.25) is 9.52 Å². The van der Waals surface area contributed by atoms with Crippen LogP contribution in [0.3, 0.4) is 0 Å². The monoisotopic (exact) mass is 392 g/mol. The molecule has 0 spiro atoms. The van der Waals surface area contributed by atoms with Crippen LogP contribution in [0.2, 0.25) is 0 Å². The molecular formula is C16H16N4O4S2. The first-order chi connectivity index (χ1) is 12.3. The second-order valence-corrected chi connectivity index (χ2v) is 8.57. The van der Waals surface area contributed by atoms with Crippen molar-refractivity contribution in [1.29, 1.82) is 0 Å². The summed E-state index contributed by atoms with van der Waals surface area (Å²) in [6.07, 6.45) is 2.82. The van der Waals surface area contributed by atoms with Crippen LogP contribution in [0.4, 0.5) is 5.69 Å². The molecule has 0 saturated heterocycles. The van der Waals surface area contributed by atoms with Gasteiger partial charge in [-0.05, 0) is 43.3 Å². The van der Waals surface area contributed by atoms with Crippen molar-refractivity contribution in [2.45, 2.75) is 17.4 Å². The number of anilines is 1. The van der Waals surface area contributed by atoms with E-state index in [0.29, 0.717) is 28.1 Å². The van der Waals surface area contributed by atoms with Gasteiger partial charge in [0.15, 0.2) is 5.78 Å². The summed E-state index contributed by atoms with van der Waals surface area (Å²) >= 11 is 1.16. The number of nitrogens with zero attached hydrogens (tertiary/aromatic N) is 2. The molecule has 2 N–H and O–H groups in total. The van der Waals surface area contributed by atoms with Crippen molar-refractivity contribution >= 4 is 33.3 Å². The van der Waals surface area contributed by atoms with Gasteiger partial charge in [0.1, 0.15) is 5.69 Å². The molecule has 2 heterocycles. The molecule has 0 fully saturated rings. The van der Waals surface area contributed by atoms with Crippen LogP contribution >= 0.6 is 11.8 Å². The number of nitrogens with one attached hydrogen (secondary N) is 2. The third-order valence-corrected chi connectivity index (χ3v) is 4.90. The summed E-state index contributed by atoms with van der Waals surface area (Å²) in [6.45, 7) is 1.74. The summed E-state index contributed by atoms with van der Waals surface area (Å²) < 4.78 is 30.3. The van der Waals surface area contributed by atoms with E-state index in [4.69, 9.17) is 4.42 Å². The molecular weight excluding hydrogens is 376 g/mol. The summed E-state index contributed by atoms with van der Waals surface area (Å²) in [7, 11) is -3.35. The molecule has 10 heteroatoms. The van der Waals surface area contributed by atoms with Crippen LogP contribution in [0.15, 0.2) is 52.2 Å². The van der Waals surface area contributed by atoms with Crippen LogP contribution in [0.5, 0.6) is 0 Å². The van der Waals surface area contributed by atoms with Crippen molar-refractivity contribution in [3.63, 3.8) is 0 Å². The van der Waals surface area contributed by atoms with Gasteiger partial charge in [-0.1, -0.05) is 11.8 Å². The average molecular weight is 392 g/mol. The number of thioether (sulfide) groups is 1. The van der Waals surface area contributed by atoms with Gasteiger partial charge in [0.2, 0.25) is 10.0 Å². The summed E-state index contributed by atoms with van der Waals surface area (Å²) in [6, 6.07) is 9.86. The number of ketones is 1. The van der Waals surface area contributed by atoms with Crippen LogP contribution in [-0.2, 0) is 10.0 Å². The number of carbonyl (C=O) groups excluding carboxylic acids is 1. The predicted octanol–water partition coefficient (Wildman–Crippen LogP) is 2.80. The molecule has 1 aromatic carbocycles. The Morgan fingerprint density at radius 1 is 1.23 bits per heavy atom. The number of rotatable bonds is 7. The number of sulfonamides is 1. The number of hydrogen-bond acceptors (Lipinski definition) is 7. The van der Waals surface area contributed by atoms with E-state index in [1.807, 2.05) is 12.1 Å². The van der Waals surface area contributed by atoms with E-state index < -0.39 is 15.3 Å². The second kappa shape index (κ2) is 7.34.